The van der Waals surface area contributed by atoms with Crippen molar-refractivity contribution in [1.82, 2.24) is 0 Å². The van der Waals surface area contributed by atoms with Gasteiger partial charge in [0.2, 0.25) is 5.82 Å². The Balaban J connectivity index is 3.47. The van der Waals surface area contributed by atoms with E-state index in [0.29, 0.717) is 6.07 Å². The van der Waals surface area contributed by atoms with Gasteiger partial charge in [0, 0.05) is 6.07 Å². The molecule has 1 rings (SSSR count). The second kappa shape index (κ2) is 5.05. The normalized spacial score (nSPS) is 10.1. The molecule has 0 N–H and O–H groups in total. The summed E-state index contributed by atoms with van der Waals surface area (Å²) in [5.74, 6) is -4.32. The molecule has 5 nitrogen and oxygen atoms in total. The van der Waals surface area contributed by atoms with E-state index in [1.807, 2.05) is 0 Å². The van der Waals surface area contributed by atoms with Gasteiger partial charge in [0.1, 0.15) is 5.56 Å². The molecule has 92 valence electrons. The maximum Gasteiger partial charge on any atom is 0.344 e. The standard InChI is InChI=1S/C9H6ClF2NO4/c1-2-17-9(14)6-7(11)4(10)3-5(8(6)12)13(15)16/h3H,2H2,1H3. The number of nitro groups is 1. The van der Waals surface area contributed by atoms with Crippen molar-refractivity contribution in [3.8, 4) is 0 Å². The summed E-state index contributed by atoms with van der Waals surface area (Å²) in [7, 11) is 0. The molecule has 0 aliphatic rings. The topological polar surface area (TPSA) is 69.4 Å². The van der Waals surface area contributed by atoms with Gasteiger partial charge in [0.25, 0.3) is 0 Å². The quantitative estimate of drug-likeness (QED) is 0.365. The lowest BCUT2D eigenvalue weighted by Gasteiger charge is -2.06. The van der Waals surface area contributed by atoms with E-state index >= 15 is 0 Å². The molecule has 1 aromatic rings. The number of esters is 1. The van der Waals surface area contributed by atoms with Crippen molar-refractivity contribution < 1.29 is 23.2 Å². The Morgan fingerprint density at radius 2 is 2.12 bits per heavy atom. The molecular weight excluding hydrogens is 260 g/mol. The van der Waals surface area contributed by atoms with Crippen LogP contribution in [0, 0.1) is 21.7 Å². The van der Waals surface area contributed by atoms with Gasteiger partial charge in [0.05, 0.1) is 16.6 Å². The second-order valence-electron chi connectivity index (χ2n) is 2.86. The van der Waals surface area contributed by atoms with Crippen LogP contribution >= 0.6 is 11.6 Å². The highest BCUT2D eigenvalue weighted by atomic mass is 35.5. The van der Waals surface area contributed by atoms with Crippen LogP contribution in [-0.2, 0) is 4.74 Å². The van der Waals surface area contributed by atoms with Crippen LogP contribution in [0.1, 0.15) is 17.3 Å². The summed E-state index contributed by atoms with van der Waals surface area (Å²) < 4.78 is 31.3. The maximum atomic E-state index is 13.5. The SMILES string of the molecule is CCOC(=O)c1c(F)c(Cl)cc([N+](=O)[O-])c1F. The van der Waals surface area contributed by atoms with Crippen molar-refractivity contribution in [2.75, 3.05) is 6.61 Å². The third-order valence-corrected chi connectivity index (χ3v) is 2.09. The third-order valence-electron chi connectivity index (χ3n) is 1.81. The lowest BCUT2D eigenvalue weighted by atomic mass is 10.1. The summed E-state index contributed by atoms with van der Waals surface area (Å²) in [6.07, 6.45) is 0. The zero-order chi connectivity index (χ0) is 13.2. The van der Waals surface area contributed by atoms with Crippen LogP contribution in [0.25, 0.3) is 0 Å². The van der Waals surface area contributed by atoms with Crippen LogP contribution in [0.15, 0.2) is 6.07 Å². The van der Waals surface area contributed by atoms with Crippen molar-refractivity contribution in [2.24, 2.45) is 0 Å². The Kier molecular flexibility index (Phi) is 3.95. The summed E-state index contributed by atoms with van der Waals surface area (Å²) in [6.45, 7) is 1.30. The van der Waals surface area contributed by atoms with E-state index in [1.165, 1.54) is 6.92 Å². The molecule has 0 aromatic heterocycles. The minimum atomic E-state index is -1.60. The van der Waals surface area contributed by atoms with Gasteiger partial charge in [-0.1, -0.05) is 11.6 Å². The molecule has 8 heteroatoms. The van der Waals surface area contributed by atoms with Crippen LogP contribution in [0.3, 0.4) is 0 Å². The van der Waals surface area contributed by atoms with E-state index in [-0.39, 0.29) is 6.61 Å². The Labute approximate surface area is 99.1 Å². The fourth-order valence-electron chi connectivity index (χ4n) is 1.11. The molecule has 17 heavy (non-hydrogen) atoms. The summed E-state index contributed by atoms with van der Waals surface area (Å²) in [5, 5.41) is 9.73. The smallest absolute Gasteiger partial charge is 0.344 e. The lowest BCUT2D eigenvalue weighted by Crippen LogP contribution is -2.12. The number of hydrogen-bond donors (Lipinski definition) is 0. The van der Waals surface area contributed by atoms with E-state index in [0.717, 1.165) is 0 Å². The van der Waals surface area contributed by atoms with Crippen molar-refractivity contribution >= 4 is 23.3 Å². The molecule has 0 unspecified atom stereocenters. The molecule has 0 amide bonds. The van der Waals surface area contributed by atoms with Crippen molar-refractivity contribution in [1.29, 1.82) is 0 Å². The fraction of sp³-hybridized carbons (Fsp3) is 0.222. The van der Waals surface area contributed by atoms with Gasteiger partial charge in [-0.25, -0.2) is 9.18 Å². The zero-order valence-corrected chi connectivity index (χ0v) is 9.25. The average molecular weight is 266 g/mol. The van der Waals surface area contributed by atoms with Gasteiger partial charge in [0.15, 0.2) is 5.82 Å². The van der Waals surface area contributed by atoms with E-state index in [9.17, 15) is 23.7 Å². The van der Waals surface area contributed by atoms with E-state index in [2.05, 4.69) is 4.74 Å². The highest BCUT2D eigenvalue weighted by molar-refractivity contribution is 6.31. The molecule has 0 heterocycles. The predicted molar refractivity (Wildman–Crippen MR) is 54.0 cm³/mol. The van der Waals surface area contributed by atoms with E-state index < -0.39 is 38.8 Å². The number of hydrogen-bond acceptors (Lipinski definition) is 4. The highest BCUT2D eigenvalue weighted by Gasteiger charge is 2.29. The van der Waals surface area contributed by atoms with E-state index in [4.69, 9.17) is 11.6 Å². The average Bonchev–Trinajstić information content (AvgIpc) is 2.23. The Hall–Kier alpha value is -1.76. The number of halogens is 3. The van der Waals surface area contributed by atoms with Crippen LogP contribution in [0.2, 0.25) is 5.02 Å². The Bertz CT molecular complexity index is 492. The van der Waals surface area contributed by atoms with Gasteiger partial charge in [-0.05, 0) is 6.92 Å². The van der Waals surface area contributed by atoms with Crippen LogP contribution in [0.5, 0.6) is 0 Å². The van der Waals surface area contributed by atoms with Crippen molar-refractivity contribution in [2.45, 2.75) is 6.92 Å². The first-order valence-electron chi connectivity index (χ1n) is 4.39. The number of benzene rings is 1. The number of ether oxygens (including phenoxy) is 1. The van der Waals surface area contributed by atoms with Gasteiger partial charge in [-0.2, -0.15) is 4.39 Å². The van der Waals surface area contributed by atoms with Crippen LogP contribution in [0.4, 0.5) is 14.5 Å². The summed E-state index contributed by atoms with van der Waals surface area (Å²) >= 11 is 5.33. The molecule has 0 aliphatic carbocycles. The Morgan fingerprint density at radius 3 is 2.59 bits per heavy atom. The van der Waals surface area contributed by atoms with Gasteiger partial charge in [-0.15, -0.1) is 0 Å². The molecule has 0 saturated carbocycles. The van der Waals surface area contributed by atoms with Crippen LogP contribution < -0.4 is 0 Å². The molecule has 0 fully saturated rings. The summed E-state index contributed by atoms with van der Waals surface area (Å²) in [5.41, 5.74) is -2.24. The van der Waals surface area contributed by atoms with Gasteiger partial charge in [-0.3, -0.25) is 10.1 Å². The highest BCUT2D eigenvalue weighted by Crippen LogP contribution is 2.29. The second-order valence-corrected chi connectivity index (χ2v) is 3.27. The third kappa shape index (κ3) is 2.50. The van der Waals surface area contributed by atoms with E-state index in [1.54, 1.807) is 0 Å². The minimum Gasteiger partial charge on any atom is -0.462 e. The lowest BCUT2D eigenvalue weighted by molar-refractivity contribution is -0.387. The number of carbonyl (C=O) groups excluding carboxylic acids is 1. The summed E-state index contributed by atoms with van der Waals surface area (Å²) in [4.78, 5) is 20.6. The molecule has 0 spiro atoms. The summed E-state index contributed by atoms with van der Waals surface area (Å²) in [6, 6.07) is 0.495. The van der Waals surface area contributed by atoms with Gasteiger partial charge < -0.3 is 4.74 Å². The fourth-order valence-corrected chi connectivity index (χ4v) is 1.30. The first-order chi connectivity index (χ1) is 7.90. The largest absolute Gasteiger partial charge is 0.462 e. The molecule has 1 aromatic carbocycles. The number of nitro benzene ring substituents is 1. The van der Waals surface area contributed by atoms with Crippen LogP contribution in [-0.4, -0.2) is 17.5 Å². The number of rotatable bonds is 3. The van der Waals surface area contributed by atoms with Crippen molar-refractivity contribution in [3.63, 3.8) is 0 Å². The molecule has 0 bridgehead atoms. The number of nitrogens with zero attached hydrogens (tertiary/aromatic N) is 1. The maximum absolute atomic E-state index is 13.5. The molecule has 0 saturated heterocycles. The number of carbonyl (C=O) groups is 1. The zero-order valence-electron chi connectivity index (χ0n) is 8.50. The van der Waals surface area contributed by atoms with Gasteiger partial charge >= 0.3 is 11.7 Å². The Morgan fingerprint density at radius 1 is 1.53 bits per heavy atom. The molecular formula is C9H6ClF2NO4. The first-order valence-corrected chi connectivity index (χ1v) is 4.77. The monoisotopic (exact) mass is 265 g/mol. The predicted octanol–water partition coefficient (Wildman–Crippen LogP) is 2.70. The first kappa shape index (κ1) is 13.3. The molecule has 0 aliphatic heterocycles. The van der Waals surface area contributed by atoms with Crippen molar-refractivity contribution in [3.05, 3.63) is 38.4 Å². The molecule has 0 radical (unpaired) electrons. The molecule has 0 atom stereocenters. The minimum absolute atomic E-state index is 0.127.